The first-order chi connectivity index (χ1) is 11.5. The Morgan fingerprint density at radius 1 is 0.840 bits per heavy atom. The second-order valence-corrected chi connectivity index (χ2v) is 6.66. The molecule has 148 valence electrons. The van der Waals surface area contributed by atoms with Gasteiger partial charge in [-0.25, -0.2) is 8.42 Å². The van der Waals surface area contributed by atoms with Crippen LogP contribution in [0.3, 0.4) is 0 Å². The van der Waals surface area contributed by atoms with Gasteiger partial charge in [0.1, 0.15) is 0 Å². The summed E-state index contributed by atoms with van der Waals surface area (Å²) < 4.78 is 34.5. The van der Waals surface area contributed by atoms with E-state index in [9.17, 15) is 13.0 Å². The summed E-state index contributed by atoms with van der Waals surface area (Å²) in [5.74, 6) is 0. The molecule has 9 heteroatoms. The van der Waals surface area contributed by atoms with E-state index in [1.807, 2.05) is 0 Å². The van der Waals surface area contributed by atoms with Crippen molar-refractivity contribution in [1.82, 2.24) is 5.32 Å². The number of aliphatic hydroxyl groups is 2. The predicted octanol–water partition coefficient (Wildman–Crippen LogP) is -1.05. The third-order valence-corrected chi connectivity index (χ3v) is 3.76. The molecular weight excluding hydrogens is 357 g/mol. The summed E-state index contributed by atoms with van der Waals surface area (Å²) in [4.78, 5) is 0. The maximum absolute atomic E-state index is 10.1. The topological polar surface area (TPSA) is 119 Å². The van der Waals surface area contributed by atoms with Gasteiger partial charge < -0.3 is 20.1 Å². The van der Waals surface area contributed by atoms with Gasteiger partial charge in [-0.3, -0.25) is 4.18 Å². The van der Waals surface area contributed by atoms with Gasteiger partial charge in [-0.05, 0) is 6.42 Å². The fourth-order valence-corrected chi connectivity index (χ4v) is 2.36. The third-order valence-electron chi connectivity index (χ3n) is 3.30. The first-order valence-corrected chi connectivity index (χ1v) is 10.3. The quantitative estimate of drug-likeness (QED) is 0.132. The molecule has 7 nitrogen and oxygen atoms in total. The van der Waals surface area contributed by atoms with Crippen LogP contribution in [0.1, 0.15) is 71.1 Å². The zero-order valence-corrected chi connectivity index (χ0v) is 18.9. The van der Waals surface area contributed by atoms with Crippen molar-refractivity contribution in [1.29, 1.82) is 0 Å². The minimum Gasteiger partial charge on any atom is -0.726 e. The Labute approximate surface area is 176 Å². The van der Waals surface area contributed by atoms with Crippen molar-refractivity contribution in [3.8, 4) is 0 Å². The van der Waals surface area contributed by atoms with Crippen LogP contribution < -0.4 is 34.9 Å². The van der Waals surface area contributed by atoms with Gasteiger partial charge in [0.15, 0.2) is 0 Å². The summed E-state index contributed by atoms with van der Waals surface area (Å²) in [5, 5.41) is 19.1. The van der Waals surface area contributed by atoms with E-state index in [-0.39, 0.29) is 49.4 Å². The third kappa shape index (κ3) is 36.4. The van der Waals surface area contributed by atoms with Gasteiger partial charge in [-0.1, -0.05) is 64.7 Å². The zero-order chi connectivity index (χ0) is 18.5. The fourth-order valence-electron chi connectivity index (χ4n) is 2.03. The van der Waals surface area contributed by atoms with Gasteiger partial charge in [0.25, 0.3) is 0 Å². The van der Waals surface area contributed by atoms with Gasteiger partial charge >= 0.3 is 29.6 Å². The Bertz CT molecular complexity index is 327. The normalized spacial score (nSPS) is 10.7. The van der Waals surface area contributed by atoms with Crippen molar-refractivity contribution < 1.29 is 56.9 Å². The number of hydrogen-bond acceptors (Lipinski definition) is 7. The molecule has 0 atom stereocenters. The van der Waals surface area contributed by atoms with E-state index in [2.05, 4.69) is 16.4 Å². The Morgan fingerprint density at radius 3 is 1.60 bits per heavy atom. The molecule has 25 heavy (non-hydrogen) atoms. The summed E-state index contributed by atoms with van der Waals surface area (Å²) in [5.41, 5.74) is 0. The van der Waals surface area contributed by atoms with Gasteiger partial charge in [-0.15, -0.1) is 0 Å². The van der Waals surface area contributed by atoms with Gasteiger partial charge in [-0.2, -0.15) is 0 Å². The van der Waals surface area contributed by atoms with Crippen molar-refractivity contribution in [2.45, 2.75) is 71.1 Å². The molecule has 0 bridgehead atoms. The van der Waals surface area contributed by atoms with E-state index in [1.54, 1.807) is 0 Å². The van der Waals surface area contributed by atoms with E-state index in [0.29, 0.717) is 19.5 Å². The van der Waals surface area contributed by atoms with E-state index >= 15 is 0 Å². The van der Waals surface area contributed by atoms with Crippen molar-refractivity contribution in [2.24, 2.45) is 0 Å². The summed E-state index contributed by atoms with van der Waals surface area (Å²) in [7, 11) is -4.48. The second-order valence-electron chi connectivity index (χ2n) is 5.61. The van der Waals surface area contributed by atoms with Crippen LogP contribution >= 0.6 is 0 Å². The van der Waals surface area contributed by atoms with Gasteiger partial charge in [0, 0.05) is 13.1 Å². The molecule has 0 saturated heterocycles. The molecule has 0 aliphatic carbocycles. The first-order valence-electron chi connectivity index (χ1n) is 9.00. The largest absolute Gasteiger partial charge is 1.00 e. The number of rotatable bonds is 16. The van der Waals surface area contributed by atoms with Crippen LogP contribution in [0.5, 0.6) is 0 Å². The van der Waals surface area contributed by atoms with Crippen LogP contribution in [-0.2, 0) is 14.6 Å². The Kier molecular flexibility index (Phi) is 30.2. The maximum Gasteiger partial charge on any atom is 1.00 e. The van der Waals surface area contributed by atoms with Crippen molar-refractivity contribution in [2.75, 3.05) is 32.9 Å². The van der Waals surface area contributed by atoms with Crippen molar-refractivity contribution in [3.05, 3.63) is 0 Å². The SMILES string of the molecule is CCCCCCCCCCCCOS(=O)(=O)[O-].OCCNCCO.[Na+]. The Morgan fingerprint density at radius 2 is 1.24 bits per heavy atom. The van der Waals surface area contributed by atoms with Gasteiger partial charge in [0.05, 0.1) is 19.8 Å². The molecule has 0 heterocycles. The van der Waals surface area contributed by atoms with Crippen LogP contribution in [0.25, 0.3) is 0 Å². The Balaban J connectivity index is -0.000000513. The summed E-state index contributed by atoms with van der Waals surface area (Å²) in [6.07, 6.45) is 11.7. The standard InChI is InChI=1S/C12H26O4S.C4H11NO2.Na/c1-2-3-4-5-6-7-8-9-10-11-12-16-17(13,14)15;6-3-1-5-2-4-7;/h2-12H2,1H3,(H,13,14,15);5-7H,1-4H2;/q;;+1/p-1. The number of unbranched alkanes of at least 4 members (excludes halogenated alkanes) is 9. The van der Waals surface area contributed by atoms with E-state index in [0.717, 1.165) is 12.8 Å². The average Bonchev–Trinajstić information content (AvgIpc) is 2.53. The maximum atomic E-state index is 10.1. The molecule has 0 spiro atoms. The van der Waals surface area contributed by atoms with Crippen LogP contribution in [0.2, 0.25) is 0 Å². The molecule has 0 aliphatic heterocycles. The molecule has 0 fully saturated rings. The van der Waals surface area contributed by atoms with E-state index in [1.165, 1.54) is 44.9 Å². The number of nitrogens with one attached hydrogen (secondary N) is 1. The molecule has 0 rings (SSSR count). The van der Waals surface area contributed by atoms with E-state index < -0.39 is 10.4 Å². The van der Waals surface area contributed by atoms with Crippen LogP contribution in [0, 0.1) is 0 Å². The molecule has 0 aliphatic rings. The molecule has 0 aromatic heterocycles. The first kappa shape index (κ1) is 30.5. The number of aliphatic hydroxyl groups excluding tert-OH is 2. The molecule has 0 aromatic rings. The van der Waals surface area contributed by atoms with Crippen LogP contribution in [0.4, 0.5) is 0 Å². The van der Waals surface area contributed by atoms with Crippen LogP contribution in [0.15, 0.2) is 0 Å². The second kappa shape index (κ2) is 24.8. The minimum atomic E-state index is -4.48. The van der Waals surface area contributed by atoms with Crippen LogP contribution in [-0.4, -0.2) is 56.1 Å². The summed E-state index contributed by atoms with van der Waals surface area (Å²) in [6.45, 7) is 3.66. The molecule has 0 unspecified atom stereocenters. The fraction of sp³-hybridized carbons (Fsp3) is 1.00. The zero-order valence-electron chi connectivity index (χ0n) is 16.0. The monoisotopic (exact) mass is 393 g/mol. The molecule has 3 N–H and O–H groups in total. The summed E-state index contributed by atoms with van der Waals surface area (Å²) >= 11 is 0. The van der Waals surface area contributed by atoms with Crippen molar-refractivity contribution >= 4 is 10.4 Å². The molecule has 0 saturated carbocycles. The molecule has 0 amide bonds. The van der Waals surface area contributed by atoms with Crippen molar-refractivity contribution in [3.63, 3.8) is 0 Å². The van der Waals surface area contributed by atoms with E-state index in [4.69, 9.17) is 10.2 Å². The minimum absolute atomic E-state index is 0. The molecular formula is C16H36NNaO6S. The molecule has 0 aromatic carbocycles. The van der Waals surface area contributed by atoms with Gasteiger partial charge in [0.2, 0.25) is 10.4 Å². The smallest absolute Gasteiger partial charge is 0.726 e. The number of hydrogen-bond donors (Lipinski definition) is 3. The average molecular weight is 394 g/mol. The Hall–Kier alpha value is 0.750. The predicted molar refractivity (Wildman–Crippen MR) is 94.5 cm³/mol. The summed E-state index contributed by atoms with van der Waals surface area (Å²) in [6, 6.07) is 0. The molecule has 0 radical (unpaired) electrons.